The molecule has 5 nitrogen and oxygen atoms in total. The maximum Gasteiger partial charge on any atom is 0.257 e. The highest BCUT2D eigenvalue weighted by Gasteiger charge is 2.09. The quantitative estimate of drug-likeness (QED) is 0.805. The number of amides is 1. The lowest BCUT2D eigenvalue weighted by molar-refractivity contribution is 0.102. The Bertz CT molecular complexity index is 665. The van der Waals surface area contributed by atoms with E-state index in [2.05, 4.69) is 15.6 Å². The number of hydrogen-bond donors (Lipinski definition) is 2. The molecule has 0 aliphatic rings. The Kier molecular flexibility index (Phi) is 5.37. The van der Waals surface area contributed by atoms with E-state index in [1.807, 2.05) is 0 Å². The van der Waals surface area contributed by atoms with E-state index in [1.165, 1.54) is 12.3 Å². The average molecular weight is 307 g/mol. The first kappa shape index (κ1) is 15.8. The van der Waals surface area contributed by atoms with E-state index in [0.29, 0.717) is 24.4 Å². The number of aromatic nitrogens is 1. The maximum atomic E-state index is 13.1. The first-order valence-electron chi connectivity index (χ1n) is 6.54. The SMILES string of the molecule is COCCNc1cncc(C(=O)Nc2ccc(F)c(F)c2)c1. The number of nitrogens with one attached hydrogen (secondary N) is 2. The van der Waals surface area contributed by atoms with Gasteiger partial charge in [-0.25, -0.2) is 8.78 Å². The largest absolute Gasteiger partial charge is 0.383 e. The molecule has 0 fully saturated rings. The van der Waals surface area contributed by atoms with E-state index in [4.69, 9.17) is 4.74 Å². The first-order chi connectivity index (χ1) is 10.6. The van der Waals surface area contributed by atoms with Crippen LogP contribution in [0.15, 0.2) is 36.7 Å². The molecule has 0 spiro atoms. The van der Waals surface area contributed by atoms with Crippen molar-refractivity contribution in [2.45, 2.75) is 0 Å². The topological polar surface area (TPSA) is 63.2 Å². The Hall–Kier alpha value is -2.54. The van der Waals surface area contributed by atoms with E-state index < -0.39 is 17.5 Å². The van der Waals surface area contributed by atoms with Gasteiger partial charge < -0.3 is 15.4 Å². The van der Waals surface area contributed by atoms with Crippen molar-refractivity contribution in [1.82, 2.24) is 4.98 Å². The van der Waals surface area contributed by atoms with Crippen LogP contribution in [0.25, 0.3) is 0 Å². The third kappa shape index (κ3) is 4.23. The van der Waals surface area contributed by atoms with Crippen molar-refractivity contribution in [2.24, 2.45) is 0 Å². The molecule has 0 aliphatic carbocycles. The van der Waals surface area contributed by atoms with Crippen LogP contribution in [-0.2, 0) is 4.74 Å². The Morgan fingerprint density at radius 1 is 1.18 bits per heavy atom. The molecule has 0 saturated carbocycles. The summed E-state index contributed by atoms with van der Waals surface area (Å²) >= 11 is 0. The molecule has 0 aliphatic heterocycles. The van der Waals surface area contributed by atoms with E-state index in [1.54, 1.807) is 19.4 Å². The van der Waals surface area contributed by atoms with Crippen LogP contribution in [0, 0.1) is 11.6 Å². The van der Waals surface area contributed by atoms with Crippen molar-refractivity contribution in [2.75, 3.05) is 30.9 Å². The number of methoxy groups -OCH3 is 1. The summed E-state index contributed by atoms with van der Waals surface area (Å²) < 4.78 is 30.9. The summed E-state index contributed by atoms with van der Waals surface area (Å²) in [7, 11) is 1.59. The number of nitrogens with zero attached hydrogens (tertiary/aromatic N) is 1. The molecule has 0 atom stereocenters. The zero-order chi connectivity index (χ0) is 15.9. The number of benzene rings is 1. The van der Waals surface area contributed by atoms with Crippen LogP contribution in [0.3, 0.4) is 0 Å². The zero-order valence-electron chi connectivity index (χ0n) is 11.9. The summed E-state index contributed by atoms with van der Waals surface area (Å²) in [5.41, 5.74) is 1.13. The number of halogens is 2. The normalized spacial score (nSPS) is 10.3. The smallest absolute Gasteiger partial charge is 0.257 e. The van der Waals surface area contributed by atoms with Gasteiger partial charge in [-0.1, -0.05) is 0 Å². The third-order valence-electron chi connectivity index (χ3n) is 2.81. The second-order valence-electron chi connectivity index (χ2n) is 4.46. The molecule has 116 valence electrons. The summed E-state index contributed by atoms with van der Waals surface area (Å²) in [5, 5.41) is 5.53. The number of carbonyl (C=O) groups excluding carboxylic acids is 1. The van der Waals surface area contributed by atoms with Crippen LogP contribution in [0.4, 0.5) is 20.2 Å². The van der Waals surface area contributed by atoms with Gasteiger partial charge in [0.2, 0.25) is 0 Å². The lowest BCUT2D eigenvalue weighted by atomic mass is 10.2. The maximum absolute atomic E-state index is 13.1. The van der Waals surface area contributed by atoms with E-state index in [9.17, 15) is 13.6 Å². The molecular weight excluding hydrogens is 292 g/mol. The van der Waals surface area contributed by atoms with Gasteiger partial charge in [0.1, 0.15) is 0 Å². The summed E-state index contributed by atoms with van der Waals surface area (Å²) in [6.07, 6.45) is 2.96. The number of carbonyl (C=O) groups is 1. The second kappa shape index (κ2) is 7.46. The van der Waals surface area contributed by atoms with Gasteiger partial charge in [0.15, 0.2) is 11.6 Å². The van der Waals surface area contributed by atoms with Gasteiger partial charge in [-0.05, 0) is 18.2 Å². The van der Waals surface area contributed by atoms with E-state index >= 15 is 0 Å². The van der Waals surface area contributed by atoms with Crippen molar-refractivity contribution in [3.05, 3.63) is 53.9 Å². The predicted molar refractivity (Wildman–Crippen MR) is 78.9 cm³/mol. The van der Waals surface area contributed by atoms with Crippen molar-refractivity contribution in [3.63, 3.8) is 0 Å². The van der Waals surface area contributed by atoms with Gasteiger partial charge in [0.25, 0.3) is 5.91 Å². The number of pyridine rings is 1. The van der Waals surface area contributed by atoms with Crippen molar-refractivity contribution in [1.29, 1.82) is 0 Å². The Morgan fingerprint density at radius 3 is 2.73 bits per heavy atom. The van der Waals surface area contributed by atoms with Crippen molar-refractivity contribution in [3.8, 4) is 0 Å². The molecule has 0 radical (unpaired) electrons. The van der Waals surface area contributed by atoms with Crippen molar-refractivity contribution >= 4 is 17.3 Å². The van der Waals surface area contributed by atoms with Gasteiger partial charge in [-0.2, -0.15) is 0 Å². The minimum atomic E-state index is -1.02. The second-order valence-corrected chi connectivity index (χ2v) is 4.46. The Labute approximate surface area is 126 Å². The predicted octanol–water partition coefficient (Wildman–Crippen LogP) is 2.67. The van der Waals surface area contributed by atoms with Crippen LogP contribution < -0.4 is 10.6 Å². The van der Waals surface area contributed by atoms with Gasteiger partial charge in [0.05, 0.1) is 17.9 Å². The minimum Gasteiger partial charge on any atom is -0.383 e. The number of hydrogen-bond acceptors (Lipinski definition) is 4. The van der Waals surface area contributed by atoms with Gasteiger partial charge in [0, 0.05) is 37.8 Å². The molecule has 1 aromatic heterocycles. The molecule has 0 unspecified atom stereocenters. The molecule has 2 aromatic rings. The van der Waals surface area contributed by atoms with Crippen LogP contribution >= 0.6 is 0 Å². The van der Waals surface area contributed by atoms with Gasteiger partial charge in [-0.15, -0.1) is 0 Å². The van der Waals surface area contributed by atoms with E-state index in [-0.39, 0.29) is 5.69 Å². The summed E-state index contributed by atoms with van der Waals surface area (Å²) in [5.74, 6) is -2.45. The summed E-state index contributed by atoms with van der Waals surface area (Å²) in [4.78, 5) is 16.0. The van der Waals surface area contributed by atoms with Crippen LogP contribution in [0.2, 0.25) is 0 Å². The molecule has 1 amide bonds. The fraction of sp³-hybridized carbons (Fsp3) is 0.200. The van der Waals surface area contributed by atoms with Crippen molar-refractivity contribution < 1.29 is 18.3 Å². The summed E-state index contributed by atoms with van der Waals surface area (Å²) in [6, 6.07) is 4.76. The fourth-order valence-corrected chi connectivity index (χ4v) is 1.74. The fourth-order valence-electron chi connectivity index (χ4n) is 1.74. The Morgan fingerprint density at radius 2 is 2.00 bits per heavy atom. The highest BCUT2D eigenvalue weighted by Crippen LogP contribution is 2.15. The van der Waals surface area contributed by atoms with Crippen LogP contribution in [0.5, 0.6) is 0 Å². The molecule has 0 saturated heterocycles. The molecule has 1 aromatic carbocycles. The molecule has 0 bridgehead atoms. The van der Waals surface area contributed by atoms with Crippen LogP contribution in [0.1, 0.15) is 10.4 Å². The standard InChI is InChI=1S/C15H15F2N3O2/c1-22-5-4-19-12-6-10(8-18-9-12)15(21)20-11-2-3-13(16)14(17)7-11/h2-3,6-9,19H,4-5H2,1H3,(H,20,21). The lowest BCUT2D eigenvalue weighted by Gasteiger charge is -2.08. The highest BCUT2D eigenvalue weighted by atomic mass is 19.2. The number of rotatable bonds is 6. The highest BCUT2D eigenvalue weighted by molar-refractivity contribution is 6.04. The monoisotopic (exact) mass is 307 g/mol. The summed E-state index contributed by atoms with van der Waals surface area (Å²) in [6.45, 7) is 1.09. The third-order valence-corrected chi connectivity index (χ3v) is 2.81. The molecular formula is C15H15F2N3O2. The molecule has 2 N–H and O–H groups in total. The number of anilines is 2. The molecule has 1 heterocycles. The number of ether oxygens (including phenoxy) is 1. The van der Waals surface area contributed by atoms with E-state index in [0.717, 1.165) is 12.1 Å². The van der Waals surface area contributed by atoms with Gasteiger partial charge >= 0.3 is 0 Å². The van der Waals surface area contributed by atoms with Gasteiger partial charge in [-0.3, -0.25) is 9.78 Å². The minimum absolute atomic E-state index is 0.168. The molecule has 2 rings (SSSR count). The Balaban J connectivity index is 2.05. The first-order valence-corrected chi connectivity index (χ1v) is 6.54. The van der Waals surface area contributed by atoms with Crippen LogP contribution in [-0.4, -0.2) is 31.2 Å². The molecule has 7 heteroatoms. The zero-order valence-corrected chi connectivity index (χ0v) is 11.9. The molecule has 22 heavy (non-hydrogen) atoms. The average Bonchev–Trinajstić information content (AvgIpc) is 2.51. The lowest BCUT2D eigenvalue weighted by Crippen LogP contribution is -2.14.